The number of thiazole rings is 1. The zero-order chi connectivity index (χ0) is 18.2. The van der Waals surface area contributed by atoms with Crippen LogP contribution in [0.15, 0.2) is 29.6 Å². The summed E-state index contributed by atoms with van der Waals surface area (Å²) in [6.07, 6.45) is 0.179. The highest BCUT2D eigenvalue weighted by molar-refractivity contribution is 7.13. The first kappa shape index (κ1) is 18.6. The molecule has 2 amide bonds. The number of nitrogens with zero attached hydrogens (tertiary/aromatic N) is 1. The summed E-state index contributed by atoms with van der Waals surface area (Å²) >= 11 is 1.21. The average molecular weight is 361 g/mol. The highest BCUT2D eigenvalue weighted by atomic mass is 32.1. The number of nitrogens with one attached hydrogen (secondary N) is 1. The largest absolute Gasteiger partial charge is 0.494 e. The Hall–Kier alpha value is -2.74. The molecule has 0 aliphatic carbocycles. The number of carbonyl (C=O) groups excluding carboxylic acids is 3. The summed E-state index contributed by atoms with van der Waals surface area (Å²) < 4.78 is 5.32. The summed E-state index contributed by atoms with van der Waals surface area (Å²) in [5.74, 6) is -0.206. The normalized spacial score (nSPS) is 10.3. The van der Waals surface area contributed by atoms with Crippen LogP contribution in [0, 0.1) is 0 Å². The van der Waals surface area contributed by atoms with Crippen molar-refractivity contribution in [2.45, 2.75) is 26.2 Å². The van der Waals surface area contributed by atoms with Crippen LogP contribution in [0.2, 0.25) is 0 Å². The molecule has 0 aliphatic heterocycles. The quantitative estimate of drug-likeness (QED) is 0.665. The number of nitrogens with two attached hydrogens (primary N) is 1. The molecule has 25 heavy (non-hydrogen) atoms. The summed E-state index contributed by atoms with van der Waals surface area (Å²) in [4.78, 5) is 38.9. The second kappa shape index (κ2) is 8.93. The molecule has 0 spiro atoms. The van der Waals surface area contributed by atoms with Crippen LogP contribution in [0.25, 0.3) is 0 Å². The van der Waals surface area contributed by atoms with E-state index in [1.54, 1.807) is 29.6 Å². The minimum Gasteiger partial charge on any atom is -0.494 e. The van der Waals surface area contributed by atoms with Gasteiger partial charge in [0, 0.05) is 23.8 Å². The third-order valence-corrected chi connectivity index (χ3v) is 4.03. The van der Waals surface area contributed by atoms with Crippen molar-refractivity contribution < 1.29 is 19.1 Å². The maximum Gasteiger partial charge on any atom is 0.226 e. The summed E-state index contributed by atoms with van der Waals surface area (Å²) in [5, 5.41) is 4.65. The molecule has 3 N–H and O–H groups in total. The van der Waals surface area contributed by atoms with E-state index in [0.29, 0.717) is 28.7 Å². The molecule has 0 unspecified atom stereocenters. The molecule has 132 valence electrons. The van der Waals surface area contributed by atoms with E-state index in [1.165, 1.54) is 11.3 Å². The van der Waals surface area contributed by atoms with Gasteiger partial charge in [0.15, 0.2) is 10.9 Å². The van der Waals surface area contributed by atoms with Gasteiger partial charge >= 0.3 is 0 Å². The lowest BCUT2D eigenvalue weighted by Crippen LogP contribution is -2.15. The van der Waals surface area contributed by atoms with Crippen LogP contribution < -0.4 is 15.8 Å². The van der Waals surface area contributed by atoms with E-state index in [0.717, 1.165) is 0 Å². The summed E-state index contributed by atoms with van der Waals surface area (Å²) in [5.41, 5.74) is 6.14. The predicted molar refractivity (Wildman–Crippen MR) is 94.8 cm³/mol. The van der Waals surface area contributed by atoms with Crippen molar-refractivity contribution in [3.05, 3.63) is 40.9 Å². The van der Waals surface area contributed by atoms with Crippen LogP contribution in [0.5, 0.6) is 5.75 Å². The van der Waals surface area contributed by atoms with Gasteiger partial charge in [-0.1, -0.05) is 0 Å². The van der Waals surface area contributed by atoms with Crippen molar-refractivity contribution in [2.24, 2.45) is 5.73 Å². The lowest BCUT2D eigenvalue weighted by Gasteiger charge is -2.05. The topological polar surface area (TPSA) is 111 Å². The number of rotatable bonds is 9. The Morgan fingerprint density at radius 2 is 1.92 bits per heavy atom. The second-order valence-corrected chi connectivity index (χ2v) is 6.07. The third-order valence-electron chi connectivity index (χ3n) is 3.22. The number of ether oxygens (including phenoxy) is 1. The third kappa shape index (κ3) is 6.00. The number of benzene rings is 1. The molecule has 1 aromatic heterocycles. The first-order valence-electron chi connectivity index (χ1n) is 7.76. The lowest BCUT2D eigenvalue weighted by molar-refractivity contribution is -0.117. The van der Waals surface area contributed by atoms with E-state index in [1.807, 2.05) is 6.92 Å². The minimum atomic E-state index is -0.482. The van der Waals surface area contributed by atoms with Gasteiger partial charge in [-0.25, -0.2) is 4.98 Å². The monoisotopic (exact) mass is 361 g/mol. The van der Waals surface area contributed by atoms with Gasteiger partial charge in [-0.3, -0.25) is 14.4 Å². The van der Waals surface area contributed by atoms with Gasteiger partial charge in [0.1, 0.15) is 5.75 Å². The SMILES string of the molecule is CCOc1ccc(C(=O)CCC(=O)Nc2nc(CC(N)=O)cs2)cc1. The molecule has 0 atom stereocenters. The molecule has 0 aliphatic rings. The maximum absolute atomic E-state index is 12.1. The smallest absolute Gasteiger partial charge is 0.226 e. The van der Waals surface area contributed by atoms with E-state index in [-0.39, 0.29) is 31.0 Å². The number of primary amides is 1. The van der Waals surface area contributed by atoms with Gasteiger partial charge in [-0.15, -0.1) is 11.3 Å². The van der Waals surface area contributed by atoms with Crippen molar-refractivity contribution in [1.29, 1.82) is 0 Å². The molecule has 0 radical (unpaired) electrons. The van der Waals surface area contributed by atoms with Gasteiger partial charge in [0.2, 0.25) is 11.8 Å². The van der Waals surface area contributed by atoms with E-state index >= 15 is 0 Å². The first-order chi connectivity index (χ1) is 12.0. The number of amides is 2. The Kier molecular flexibility index (Phi) is 6.64. The number of hydrogen-bond acceptors (Lipinski definition) is 6. The van der Waals surface area contributed by atoms with E-state index in [2.05, 4.69) is 10.3 Å². The lowest BCUT2D eigenvalue weighted by atomic mass is 10.1. The van der Waals surface area contributed by atoms with Crippen LogP contribution in [0.4, 0.5) is 5.13 Å². The zero-order valence-electron chi connectivity index (χ0n) is 13.8. The van der Waals surface area contributed by atoms with Crippen molar-refractivity contribution in [1.82, 2.24) is 4.98 Å². The number of ketones is 1. The Bertz CT molecular complexity index is 756. The van der Waals surface area contributed by atoms with Gasteiger partial charge in [0.05, 0.1) is 18.7 Å². The molecule has 2 aromatic rings. The summed E-state index contributed by atoms with van der Waals surface area (Å²) in [6, 6.07) is 6.82. The van der Waals surface area contributed by atoms with Crippen LogP contribution in [-0.2, 0) is 16.0 Å². The van der Waals surface area contributed by atoms with E-state index in [9.17, 15) is 14.4 Å². The molecule has 1 heterocycles. The van der Waals surface area contributed by atoms with Crippen molar-refractivity contribution in [2.75, 3.05) is 11.9 Å². The molecule has 2 rings (SSSR count). The predicted octanol–water partition coefficient (Wildman–Crippen LogP) is 2.17. The number of hydrogen-bond donors (Lipinski definition) is 2. The van der Waals surface area contributed by atoms with Crippen molar-refractivity contribution in [3.8, 4) is 5.75 Å². The Labute approximate surface area is 149 Å². The number of anilines is 1. The Morgan fingerprint density at radius 3 is 2.56 bits per heavy atom. The maximum atomic E-state index is 12.1. The molecule has 1 aromatic carbocycles. The number of carbonyl (C=O) groups is 3. The standard InChI is InChI=1S/C17H19N3O4S/c1-2-24-13-5-3-11(4-6-13)14(21)7-8-16(23)20-17-19-12(10-25-17)9-15(18)22/h3-6,10H,2,7-9H2,1H3,(H2,18,22)(H,19,20,23). The van der Waals surface area contributed by atoms with Gasteiger partial charge < -0.3 is 15.8 Å². The van der Waals surface area contributed by atoms with Crippen molar-refractivity contribution in [3.63, 3.8) is 0 Å². The van der Waals surface area contributed by atoms with Gasteiger partial charge in [-0.2, -0.15) is 0 Å². The zero-order valence-corrected chi connectivity index (χ0v) is 14.6. The van der Waals surface area contributed by atoms with E-state index < -0.39 is 5.91 Å². The molecule has 8 heteroatoms. The highest BCUT2D eigenvalue weighted by Gasteiger charge is 2.12. The fourth-order valence-electron chi connectivity index (χ4n) is 2.08. The molecular formula is C17H19N3O4S. The Balaban J connectivity index is 1.81. The fraction of sp³-hybridized carbons (Fsp3) is 0.294. The van der Waals surface area contributed by atoms with Crippen LogP contribution >= 0.6 is 11.3 Å². The molecular weight excluding hydrogens is 342 g/mol. The van der Waals surface area contributed by atoms with E-state index in [4.69, 9.17) is 10.5 Å². The Morgan fingerprint density at radius 1 is 1.20 bits per heavy atom. The van der Waals surface area contributed by atoms with Crippen LogP contribution in [0.3, 0.4) is 0 Å². The molecule has 7 nitrogen and oxygen atoms in total. The second-order valence-electron chi connectivity index (χ2n) is 5.22. The van der Waals surface area contributed by atoms with Gasteiger partial charge in [0.25, 0.3) is 0 Å². The molecule has 0 saturated heterocycles. The van der Waals surface area contributed by atoms with Crippen LogP contribution in [0.1, 0.15) is 35.8 Å². The average Bonchev–Trinajstić information content (AvgIpc) is 2.99. The molecule has 0 fully saturated rings. The van der Waals surface area contributed by atoms with Crippen molar-refractivity contribution >= 4 is 34.1 Å². The first-order valence-corrected chi connectivity index (χ1v) is 8.64. The fourth-order valence-corrected chi connectivity index (χ4v) is 2.81. The number of Topliss-reactive ketones (excluding diaryl/α,β-unsaturated/α-hetero) is 1. The molecule has 0 bridgehead atoms. The minimum absolute atomic E-state index is 0.0304. The van der Waals surface area contributed by atoms with Crippen LogP contribution in [-0.4, -0.2) is 29.2 Å². The summed E-state index contributed by atoms with van der Waals surface area (Å²) in [7, 11) is 0. The summed E-state index contributed by atoms with van der Waals surface area (Å²) in [6.45, 7) is 2.45. The highest BCUT2D eigenvalue weighted by Crippen LogP contribution is 2.17. The van der Waals surface area contributed by atoms with Gasteiger partial charge in [-0.05, 0) is 31.2 Å². The number of aromatic nitrogens is 1. The molecule has 0 saturated carbocycles.